The van der Waals surface area contributed by atoms with Gasteiger partial charge >= 0.3 is 0 Å². The summed E-state index contributed by atoms with van der Waals surface area (Å²) >= 11 is 0. The van der Waals surface area contributed by atoms with Crippen LogP contribution < -0.4 is 15.4 Å². The summed E-state index contributed by atoms with van der Waals surface area (Å²) in [6, 6.07) is 5.88. The van der Waals surface area contributed by atoms with Crippen LogP contribution in [-0.2, 0) is 11.3 Å². The number of benzene rings is 1. The second-order valence-electron chi connectivity index (χ2n) is 6.13. The Labute approximate surface area is 126 Å². The fourth-order valence-electron chi connectivity index (χ4n) is 3.26. The van der Waals surface area contributed by atoms with E-state index in [4.69, 9.17) is 10.5 Å². The number of hydrogen-bond acceptors (Lipinski definition) is 3. The number of fused-ring (bicyclic) bond motifs is 1. The Hall–Kier alpha value is -1.55. The molecule has 1 aliphatic carbocycles. The lowest BCUT2D eigenvalue weighted by atomic mass is 9.96. The van der Waals surface area contributed by atoms with E-state index in [9.17, 15) is 4.79 Å². The molecule has 2 N–H and O–H groups in total. The second kappa shape index (κ2) is 6.06. The van der Waals surface area contributed by atoms with E-state index in [-0.39, 0.29) is 12.5 Å². The Morgan fingerprint density at radius 1 is 1.43 bits per heavy atom. The summed E-state index contributed by atoms with van der Waals surface area (Å²) in [6.45, 7) is 3.67. The van der Waals surface area contributed by atoms with Gasteiger partial charge in [0.1, 0.15) is 5.75 Å². The molecule has 1 aromatic carbocycles. The Morgan fingerprint density at radius 2 is 2.24 bits per heavy atom. The van der Waals surface area contributed by atoms with E-state index in [0.29, 0.717) is 6.54 Å². The van der Waals surface area contributed by atoms with E-state index in [0.717, 1.165) is 41.8 Å². The van der Waals surface area contributed by atoms with Crippen LogP contribution in [0, 0.1) is 11.8 Å². The molecule has 1 aliphatic heterocycles. The predicted molar refractivity (Wildman–Crippen MR) is 83.3 cm³/mol. The molecule has 0 radical (unpaired) electrons. The number of nitrogens with zero attached hydrogens (tertiary/aromatic N) is 1. The van der Waals surface area contributed by atoms with Crippen molar-refractivity contribution in [3.05, 3.63) is 23.8 Å². The van der Waals surface area contributed by atoms with Crippen LogP contribution in [0.15, 0.2) is 18.2 Å². The molecule has 2 aliphatic rings. The van der Waals surface area contributed by atoms with Crippen LogP contribution in [-0.4, -0.2) is 19.1 Å². The first-order valence-corrected chi connectivity index (χ1v) is 7.99. The van der Waals surface area contributed by atoms with Gasteiger partial charge in [-0.1, -0.05) is 19.4 Å². The van der Waals surface area contributed by atoms with Crippen molar-refractivity contribution in [1.29, 1.82) is 0 Å². The minimum Gasteiger partial charge on any atom is -0.482 e. The highest BCUT2D eigenvalue weighted by atomic mass is 16.5. The van der Waals surface area contributed by atoms with Crippen LogP contribution in [0.4, 0.5) is 5.69 Å². The van der Waals surface area contributed by atoms with Gasteiger partial charge in [-0.3, -0.25) is 4.79 Å². The number of amides is 1. The van der Waals surface area contributed by atoms with Crippen LogP contribution in [0.1, 0.15) is 38.2 Å². The third kappa shape index (κ3) is 3.05. The van der Waals surface area contributed by atoms with Crippen LogP contribution in [0.5, 0.6) is 5.75 Å². The first kappa shape index (κ1) is 14.4. The van der Waals surface area contributed by atoms with Crippen molar-refractivity contribution >= 4 is 11.6 Å². The van der Waals surface area contributed by atoms with E-state index < -0.39 is 0 Å². The number of anilines is 1. The van der Waals surface area contributed by atoms with Gasteiger partial charge in [-0.05, 0) is 48.8 Å². The molecule has 4 nitrogen and oxygen atoms in total. The summed E-state index contributed by atoms with van der Waals surface area (Å²) in [7, 11) is 0. The molecule has 1 fully saturated rings. The fourth-order valence-corrected chi connectivity index (χ4v) is 3.26. The van der Waals surface area contributed by atoms with Crippen molar-refractivity contribution < 1.29 is 9.53 Å². The predicted octanol–water partition coefficient (Wildman–Crippen LogP) is 2.70. The molecule has 114 valence electrons. The monoisotopic (exact) mass is 288 g/mol. The van der Waals surface area contributed by atoms with Gasteiger partial charge in [-0.25, -0.2) is 0 Å². The average molecular weight is 288 g/mol. The second-order valence-corrected chi connectivity index (χ2v) is 6.13. The molecule has 21 heavy (non-hydrogen) atoms. The van der Waals surface area contributed by atoms with Crippen LogP contribution in [0.25, 0.3) is 0 Å². The summed E-state index contributed by atoms with van der Waals surface area (Å²) < 4.78 is 5.53. The summed E-state index contributed by atoms with van der Waals surface area (Å²) in [5.74, 6) is 2.50. The molecule has 3 rings (SSSR count). The molecule has 1 amide bonds. The Kier molecular flexibility index (Phi) is 4.15. The number of rotatable bonds is 6. The largest absolute Gasteiger partial charge is 0.482 e. The molecule has 1 unspecified atom stereocenters. The summed E-state index contributed by atoms with van der Waals surface area (Å²) in [5, 5.41) is 0. The van der Waals surface area contributed by atoms with Gasteiger partial charge in [-0.2, -0.15) is 0 Å². The third-order valence-corrected chi connectivity index (χ3v) is 4.74. The van der Waals surface area contributed by atoms with Gasteiger partial charge in [0.2, 0.25) is 0 Å². The summed E-state index contributed by atoms with van der Waals surface area (Å²) in [6.07, 6.45) is 5.02. The molecule has 1 heterocycles. The van der Waals surface area contributed by atoms with E-state index >= 15 is 0 Å². The Balaban J connectivity index is 1.76. The zero-order valence-corrected chi connectivity index (χ0v) is 12.7. The highest BCUT2D eigenvalue weighted by Gasteiger charge is 2.32. The van der Waals surface area contributed by atoms with E-state index in [1.165, 1.54) is 19.3 Å². The summed E-state index contributed by atoms with van der Waals surface area (Å²) in [4.78, 5) is 14.1. The molecule has 0 bridgehead atoms. The number of ether oxygens (including phenoxy) is 1. The van der Waals surface area contributed by atoms with Gasteiger partial charge in [-0.15, -0.1) is 0 Å². The smallest absolute Gasteiger partial charge is 0.265 e. The maximum absolute atomic E-state index is 12.2. The standard InChI is InChI=1S/C17H24N2O2/c1-2-13(14-4-5-14)7-8-19-15-9-12(10-18)3-6-16(15)21-11-17(19)20/h3,6,9,13-14H,2,4-5,7-8,10-11,18H2,1H3. The van der Waals surface area contributed by atoms with Crippen molar-refractivity contribution in [2.45, 2.75) is 39.2 Å². The van der Waals surface area contributed by atoms with Gasteiger partial charge in [0.15, 0.2) is 6.61 Å². The molecular formula is C17H24N2O2. The van der Waals surface area contributed by atoms with Gasteiger partial charge in [0.25, 0.3) is 5.91 Å². The van der Waals surface area contributed by atoms with E-state index in [2.05, 4.69) is 6.92 Å². The van der Waals surface area contributed by atoms with E-state index in [1.807, 2.05) is 23.1 Å². The quantitative estimate of drug-likeness (QED) is 0.875. The van der Waals surface area contributed by atoms with Gasteiger partial charge in [0, 0.05) is 13.1 Å². The Morgan fingerprint density at radius 3 is 2.90 bits per heavy atom. The molecule has 1 atom stereocenters. The summed E-state index contributed by atoms with van der Waals surface area (Å²) in [5.41, 5.74) is 7.63. The first-order valence-electron chi connectivity index (χ1n) is 7.99. The number of carbonyl (C=O) groups excluding carboxylic acids is 1. The van der Waals surface area contributed by atoms with Crippen LogP contribution in [0.2, 0.25) is 0 Å². The normalized spacial score (nSPS) is 19.1. The zero-order chi connectivity index (χ0) is 14.8. The maximum Gasteiger partial charge on any atom is 0.265 e. The number of nitrogens with two attached hydrogens (primary N) is 1. The van der Waals surface area contributed by atoms with Crippen molar-refractivity contribution in [1.82, 2.24) is 0 Å². The first-order chi connectivity index (χ1) is 10.2. The lowest BCUT2D eigenvalue weighted by Crippen LogP contribution is -2.40. The fraction of sp³-hybridized carbons (Fsp3) is 0.588. The highest BCUT2D eigenvalue weighted by Crippen LogP contribution is 2.41. The van der Waals surface area contributed by atoms with E-state index in [1.54, 1.807) is 0 Å². The SMILES string of the molecule is CCC(CCN1C(=O)COc2ccc(CN)cc21)C1CC1. The zero-order valence-electron chi connectivity index (χ0n) is 12.7. The molecule has 0 aromatic heterocycles. The lowest BCUT2D eigenvalue weighted by Gasteiger charge is -2.31. The van der Waals surface area contributed by atoms with Gasteiger partial charge < -0.3 is 15.4 Å². The topological polar surface area (TPSA) is 55.6 Å². The number of carbonyl (C=O) groups is 1. The molecule has 0 saturated heterocycles. The molecule has 1 saturated carbocycles. The lowest BCUT2D eigenvalue weighted by molar-refractivity contribution is -0.121. The van der Waals surface area contributed by atoms with Crippen molar-refractivity contribution in [3.8, 4) is 5.75 Å². The molecule has 0 spiro atoms. The van der Waals surface area contributed by atoms with Crippen molar-refractivity contribution in [2.24, 2.45) is 17.6 Å². The Bertz CT molecular complexity index is 526. The average Bonchev–Trinajstić information content (AvgIpc) is 3.34. The van der Waals surface area contributed by atoms with Gasteiger partial charge in [0.05, 0.1) is 5.69 Å². The van der Waals surface area contributed by atoms with Crippen LogP contribution >= 0.6 is 0 Å². The van der Waals surface area contributed by atoms with Crippen molar-refractivity contribution in [3.63, 3.8) is 0 Å². The minimum absolute atomic E-state index is 0.0577. The third-order valence-electron chi connectivity index (χ3n) is 4.74. The molecule has 1 aromatic rings. The molecule has 4 heteroatoms. The number of hydrogen-bond donors (Lipinski definition) is 1. The molecular weight excluding hydrogens is 264 g/mol. The highest BCUT2D eigenvalue weighted by molar-refractivity contribution is 5.97. The maximum atomic E-state index is 12.2. The van der Waals surface area contributed by atoms with Crippen LogP contribution in [0.3, 0.4) is 0 Å². The van der Waals surface area contributed by atoms with Crippen molar-refractivity contribution in [2.75, 3.05) is 18.1 Å². The minimum atomic E-state index is 0.0577.